The minimum atomic E-state index is -0.300. The molecule has 98 valence electrons. The lowest BCUT2D eigenvalue weighted by atomic mass is 10.1. The van der Waals surface area contributed by atoms with E-state index in [0.717, 1.165) is 19.3 Å². The summed E-state index contributed by atoms with van der Waals surface area (Å²) in [5.41, 5.74) is 1.52. The first kappa shape index (κ1) is 14.5. The first-order valence-electron chi connectivity index (χ1n) is 5.54. The number of carbonyl (C=O) groups excluding carboxylic acids is 1. The van der Waals surface area contributed by atoms with Crippen LogP contribution in [-0.4, -0.2) is 5.91 Å². The molecule has 0 atom stereocenters. The third-order valence-corrected chi connectivity index (χ3v) is 4.82. The summed E-state index contributed by atoms with van der Waals surface area (Å²) in [5, 5.41) is 2.81. The quantitative estimate of drug-likeness (QED) is 0.715. The molecule has 1 amide bonds. The molecule has 1 N–H and O–H groups in total. The fraction of sp³-hybridized carbons (Fsp3) is 0.0714. The van der Waals surface area contributed by atoms with E-state index in [1.165, 1.54) is 12.1 Å². The molecule has 0 aliphatic rings. The number of hydrogen-bond donors (Lipinski definition) is 1. The van der Waals surface area contributed by atoms with Gasteiger partial charge in [-0.15, -0.1) is 0 Å². The smallest absolute Gasteiger partial charge is 0.228 e. The summed E-state index contributed by atoms with van der Waals surface area (Å²) < 4.78 is 14.8. The van der Waals surface area contributed by atoms with E-state index < -0.39 is 0 Å². The van der Waals surface area contributed by atoms with Gasteiger partial charge in [-0.25, -0.2) is 4.39 Å². The predicted molar refractivity (Wildman–Crippen MR) is 85.6 cm³/mol. The van der Waals surface area contributed by atoms with Gasteiger partial charge in [-0.2, -0.15) is 0 Å². The maximum Gasteiger partial charge on any atom is 0.228 e. The monoisotopic (exact) mass is 433 g/mol. The van der Waals surface area contributed by atoms with Crippen molar-refractivity contribution < 1.29 is 9.18 Å². The van der Waals surface area contributed by atoms with Gasteiger partial charge in [0.1, 0.15) is 5.82 Å². The second kappa shape index (κ2) is 6.47. The second-order valence-corrected chi connectivity index (χ2v) is 6.00. The van der Waals surface area contributed by atoms with Gasteiger partial charge in [0.15, 0.2) is 0 Å². The topological polar surface area (TPSA) is 29.1 Å². The summed E-state index contributed by atoms with van der Waals surface area (Å²) in [6.07, 6.45) is 0.226. The number of benzene rings is 2. The van der Waals surface area contributed by atoms with Crippen LogP contribution >= 0.6 is 38.5 Å². The Morgan fingerprint density at radius 2 is 1.89 bits per heavy atom. The second-order valence-electron chi connectivity index (χ2n) is 3.98. The number of halogens is 3. The molecule has 0 spiro atoms. The average molecular weight is 434 g/mol. The number of amides is 1. The van der Waals surface area contributed by atoms with E-state index in [1.807, 2.05) is 18.2 Å². The van der Waals surface area contributed by atoms with Crippen LogP contribution in [0.25, 0.3) is 0 Å². The first-order chi connectivity index (χ1) is 9.04. The summed E-state index contributed by atoms with van der Waals surface area (Å²) in [5.74, 6) is -0.426. The average Bonchev–Trinajstić information content (AvgIpc) is 2.37. The zero-order valence-electron chi connectivity index (χ0n) is 9.79. The summed E-state index contributed by atoms with van der Waals surface area (Å²) in [6, 6.07) is 11.5. The van der Waals surface area contributed by atoms with Gasteiger partial charge < -0.3 is 5.32 Å². The predicted octanol–water partition coefficient (Wildman–Crippen LogP) is 4.37. The molecule has 0 aromatic heterocycles. The SMILES string of the molecule is O=C(Cc1ccc(F)cc1)Nc1ccc(I)c(Br)c1. The van der Waals surface area contributed by atoms with Gasteiger partial charge >= 0.3 is 0 Å². The van der Waals surface area contributed by atoms with Crippen LogP contribution in [0.15, 0.2) is 46.9 Å². The van der Waals surface area contributed by atoms with E-state index in [2.05, 4.69) is 43.8 Å². The Bertz CT molecular complexity index is 601. The highest BCUT2D eigenvalue weighted by molar-refractivity contribution is 14.1. The summed E-state index contributed by atoms with van der Waals surface area (Å²) >= 11 is 5.61. The van der Waals surface area contributed by atoms with Crippen LogP contribution in [0.3, 0.4) is 0 Å². The molecule has 0 heterocycles. The number of carbonyl (C=O) groups is 1. The molecule has 0 unspecified atom stereocenters. The Kier molecular flexibility index (Phi) is 4.93. The molecule has 2 rings (SSSR count). The molecule has 0 aliphatic carbocycles. The zero-order valence-corrected chi connectivity index (χ0v) is 13.5. The minimum Gasteiger partial charge on any atom is -0.326 e. The van der Waals surface area contributed by atoms with Crippen LogP contribution < -0.4 is 5.32 Å². The fourth-order valence-electron chi connectivity index (χ4n) is 1.57. The highest BCUT2D eigenvalue weighted by Gasteiger charge is 2.05. The van der Waals surface area contributed by atoms with Crippen molar-refractivity contribution in [3.63, 3.8) is 0 Å². The van der Waals surface area contributed by atoms with Gasteiger partial charge in [0, 0.05) is 13.7 Å². The van der Waals surface area contributed by atoms with Gasteiger partial charge in [0.05, 0.1) is 6.42 Å². The fourth-order valence-corrected chi connectivity index (χ4v) is 2.28. The highest BCUT2D eigenvalue weighted by atomic mass is 127. The molecule has 19 heavy (non-hydrogen) atoms. The van der Waals surface area contributed by atoms with Gasteiger partial charge in [-0.3, -0.25) is 4.79 Å². The zero-order chi connectivity index (χ0) is 13.8. The maximum absolute atomic E-state index is 12.7. The first-order valence-corrected chi connectivity index (χ1v) is 7.41. The van der Waals surface area contributed by atoms with Crippen molar-refractivity contribution in [3.05, 3.63) is 61.9 Å². The normalized spacial score (nSPS) is 10.3. The Hall–Kier alpha value is -0.950. The van der Waals surface area contributed by atoms with Gasteiger partial charge in [-0.1, -0.05) is 12.1 Å². The molecule has 5 heteroatoms. The highest BCUT2D eigenvalue weighted by Crippen LogP contribution is 2.22. The van der Waals surface area contributed by atoms with Crippen molar-refractivity contribution in [1.82, 2.24) is 0 Å². The van der Waals surface area contributed by atoms with Crippen LogP contribution in [0.5, 0.6) is 0 Å². The number of nitrogens with one attached hydrogen (secondary N) is 1. The molecular weight excluding hydrogens is 424 g/mol. The van der Waals surface area contributed by atoms with Gasteiger partial charge in [-0.05, 0) is 74.4 Å². The molecule has 2 aromatic carbocycles. The van der Waals surface area contributed by atoms with Crippen LogP contribution in [-0.2, 0) is 11.2 Å². The van der Waals surface area contributed by atoms with Crippen molar-refractivity contribution in [3.8, 4) is 0 Å². The molecule has 0 radical (unpaired) electrons. The van der Waals surface area contributed by atoms with Crippen molar-refractivity contribution >= 4 is 50.1 Å². The summed E-state index contributed by atoms with van der Waals surface area (Å²) in [7, 11) is 0. The summed E-state index contributed by atoms with van der Waals surface area (Å²) in [6.45, 7) is 0. The molecular formula is C14H10BrFINO. The van der Waals surface area contributed by atoms with E-state index in [-0.39, 0.29) is 18.1 Å². The summed E-state index contributed by atoms with van der Waals surface area (Å²) in [4.78, 5) is 11.8. The standard InChI is InChI=1S/C14H10BrFINO/c15-12-8-11(5-6-13(12)17)18-14(19)7-9-1-3-10(16)4-2-9/h1-6,8H,7H2,(H,18,19). The molecule has 0 saturated heterocycles. The Morgan fingerprint density at radius 1 is 1.21 bits per heavy atom. The molecule has 0 fully saturated rings. The van der Waals surface area contributed by atoms with E-state index in [0.29, 0.717) is 0 Å². The van der Waals surface area contributed by atoms with E-state index in [9.17, 15) is 9.18 Å². The maximum atomic E-state index is 12.7. The van der Waals surface area contributed by atoms with Crippen LogP contribution in [0.2, 0.25) is 0 Å². The van der Waals surface area contributed by atoms with Crippen molar-refractivity contribution in [1.29, 1.82) is 0 Å². The van der Waals surface area contributed by atoms with E-state index in [4.69, 9.17) is 0 Å². The largest absolute Gasteiger partial charge is 0.326 e. The van der Waals surface area contributed by atoms with Crippen molar-refractivity contribution in [2.75, 3.05) is 5.32 Å². The minimum absolute atomic E-state index is 0.125. The van der Waals surface area contributed by atoms with Gasteiger partial charge in [0.25, 0.3) is 0 Å². The number of hydrogen-bond acceptors (Lipinski definition) is 1. The Morgan fingerprint density at radius 3 is 2.53 bits per heavy atom. The molecule has 0 aliphatic heterocycles. The lowest BCUT2D eigenvalue weighted by molar-refractivity contribution is -0.115. The molecule has 2 nitrogen and oxygen atoms in total. The Labute approximate surface area is 132 Å². The molecule has 0 bridgehead atoms. The van der Waals surface area contributed by atoms with Crippen molar-refractivity contribution in [2.24, 2.45) is 0 Å². The lowest BCUT2D eigenvalue weighted by Gasteiger charge is -2.06. The molecule has 0 saturated carbocycles. The van der Waals surface area contributed by atoms with Crippen LogP contribution in [0.4, 0.5) is 10.1 Å². The van der Waals surface area contributed by atoms with Crippen LogP contribution in [0.1, 0.15) is 5.56 Å². The van der Waals surface area contributed by atoms with E-state index >= 15 is 0 Å². The van der Waals surface area contributed by atoms with E-state index in [1.54, 1.807) is 12.1 Å². The van der Waals surface area contributed by atoms with Crippen molar-refractivity contribution in [2.45, 2.75) is 6.42 Å². The third kappa shape index (κ3) is 4.28. The lowest BCUT2D eigenvalue weighted by Crippen LogP contribution is -2.14. The van der Waals surface area contributed by atoms with Gasteiger partial charge in [0.2, 0.25) is 5.91 Å². The Balaban J connectivity index is 2.01. The molecule has 2 aromatic rings. The van der Waals surface area contributed by atoms with Crippen LogP contribution in [0, 0.1) is 9.39 Å². The number of rotatable bonds is 3. The third-order valence-electron chi connectivity index (χ3n) is 2.48. The number of anilines is 1.